The maximum Gasteiger partial charge on any atom is 0.305 e. The molecule has 3 atom stereocenters. The number of ether oxygens (including phenoxy) is 2. The van der Waals surface area contributed by atoms with E-state index in [1.165, 1.54) is 57.8 Å². The molecule has 6 nitrogen and oxygen atoms in total. The Morgan fingerprint density at radius 2 is 1.09 bits per heavy atom. The van der Waals surface area contributed by atoms with Gasteiger partial charge in [0.25, 0.3) is 0 Å². The molecular weight excluding hydrogens is 552 g/mol. The fourth-order valence-corrected chi connectivity index (χ4v) is 4.89. The van der Waals surface area contributed by atoms with Gasteiger partial charge < -0.3 is 19.7 Å². The fourth-order valence-electron chi connectivity index (χ4n) is 4.89. The molecular formula is C38H68O6. The molecule has 0 aliphatic rings. The number of carbonyl (C=O) groups excluding carboxylic acids is 2. The van der Waals surface area contributed by atoms with Crippen LogP contribution in [0.25, 0.3) is 0 Å². The topological polar surface area (TPSA) is 93.1 Å². The lowest BCUT2D eigenvalue weighted by atomic mass is 9.99. The molecule has 6 heteroatoms. The van der Waals surface area contributed by atoms with Gasteiger partial charge in [-0.3, -0.25) is 9.59 Å². The van der Waals surface area contributed by atoms with Crippen molar-refractivity contribution in [1.29, 1.82) is 0 Å². The van der Waals surface area contributed by atoms with Gasteiger partial charge in [0.05, 0.1) is 6.10 Å². The smallest absolute Gasteiger partial charge is 0.305 e. The van der Waals surface area contributed by atoms with Crippen LogP contribution in [0.15, 0.2) is 36.5 Å². The Bertz CT molecular complexity index is 744. The second kappa shape index (κ2) is 32.5. The highest BCUT2D eigenvalue weighted by atomic mass is 16.6. The molecule has 0 saturated heterocycles. The van der Waals surface area contributed by atoms with Gasteiger partial charge in [-0.15, -0.1) is 0 Å². The predicted octanol–water partition coefficient (Wildman–Crippen LogP) is 9.72. The summed E-state index contributed by atoms with van der Waals surface area (Å²) in [5.74, 6) is 0.232. The Hall–Kier alpha value is -1.92. The summed E-state index contributed by atoms with van der Waals surface area (Å²) >= 11 is 0. The first kappa shape index (κ1) is 42.1. The van der Waals surface area contributed by atoms with Crippen LogP contribution in [-0.4, -0.2) is 47.6 Å². The summed E-state index contributed by atoms with van der Waals surface area (Å²) in [7, 11) is 0. The van der Waals surface area contributed by atoms with Crippen LogP contribution in [0.4, 0.5) is 0 Å². The first-order valence-electron chi connectivity index (χ1n) is 18.0. The largest absolute Gasteiger partial charge is 0.463 e. The van der Waals surface area contributed by atoms with Crippen molar-refractivity contribution in [2.24, 2.45) is 5.92 Å². The normalized spacial score (nSPS) is 14.0. The predicted molar refractivity (Wildman–Crippen MR) is 183 cm³/mol. The maximum absolute atomic E-state index is 11.9. The highest BCUT2D eigenvalue weighted by Gasteiger charge is 2.12. The van der Waals surface area contributed by atoms with Crippen LogP contribution in [0.5, 0.6) is 0 Å². The van der Waals surface area contributed by atoms with Crippen molar-refractivity contribution in [2.45, 2.75) is 174 Å². The van der Waals surface area contributed by atoms with Gasteiger partial charge in [-0.1, -0.05) is 154 Å². The van der Waals surface area contributed by atoms with E-state index in [-0.39, 0.29) is 25.2 Å². The Kier molecular flexibility index (Phi) is 31.1. The zero-order valence-corrected chi connectivity index (χ0v) is 28.7. The molecule has 0 amide bonds. The molecule has 0 aliphatic carbocycles. The molecule has 2 unspecified atom stereocenters. The number of allylic oxidation sites excluding steroid dienone is 5. The molecule has 44 heavy (non-hydrogen) atoms. The third kappa shape index (κ3) is 31.5. The molecule has 0 spiro atoms. The van der Waals surface area contributed by atoms with Crippen molar-refractivity contribution in [1.82, 2.24) is 0 Å². The van der Waals surface area contributed by atoms with Crippen LogP contribution in [-0.2, 0) is 19.1 Å². The Balaban J connectivity index is 3.55. The zero-order chi connectivity index (χ0) is 32.5. The Morgan fingerprint density at radius 1 is 0.614 bits per heavy atom. The summed E-state index contributed by atoms with van der Waals surface area (Å²) in [4.78, 5) is 23.9. The molecule has 0 aromatic rings. The van der Waals surface area contributed by atoms with Gasteiger partial charge in [-0.2, -0.15) is 0 Å². The first-order valence-corrected chi connectivity index (χ1v) is 18.0. The average molecular weight is 621 g/mol. The molecule has 0 rings (SSSR count). The minimum Gasteiger partial charge on any atom is -0.463 e. The number of aliphatic hydroxyl groups excluding tert-OH is 2. The number of esters is 2. The van der Waals surface area contributed by atoms with Gasteiger partial charge in [0.15, 0.2) is 0 Å². The molecule has 0 bridgehead atoms. The Morgan fingerprint density at radius 3 is 1.59 bits per heavy atom. The van der Waals surface area contributed by atoms with Gasteiger partial charge in [-0.05, 0) is 38.0 Å². The minimum atomic E-state index is -0.994. The monoisotopic (exact) mass is 621 g/mol. The molecule has 256 valence electrons. The van der Waals surface area contributed by atoms with E-state index in [0.717, 1.165) is 76.5 Å². The second-order valence-electron chi connectivity index (χ2n) is 12.4. The number of hydrogen-bond donors (Lipinski definition) is 2. The summed E-state index contributed by atoms with van der Waals surface area (Å²) in [6.45, 7) is 6.44. The highest BCUT2D eigenvalue weighted by Crippen LogP contribution is 2.16. The SMILES string of the molecule is CC/C=C/C/C=C/C=C/C(O)CCCCCCCC(=O)OC[C@H](O)COC(=O)CCCCCCCCCCCCC(C)CC. The average Bonchev–Trinajstić information content (AvgIpc) is 3.02. The third-order valence-electron chi connectivity index (χ3n) is 8.03. The van der Waals surface area contributed by atoms with Crippen molar-refractivity contribution in [3.05, 3.63) is 36.5 Å². The van der Waals surface area contributed by atoms with E-state index in [4.69, 9.17) is 9.47 Å². The summed E-state index contributed by atoms with van der Waals surface area (Å²) in [5, 5.41) is 20.0. The van der Waals surface area contributed by atoms with Crippen molar-refractivity contribution in [2.75, 3.05) is 13.2 Å². The van der Waals surface area contributed by atoms with E-state index in [1.807, 2.05) is 18.2 Å². The number of unbranched alkanes of at least 4 members (excludes halogenated alkanes) is 13. The highest BCUT2D eigenvalue weighted by molar-refractivity contribution is 5.69. The molecule has 0 radical (unpaired) electrons. The van der Waals surface area contributed by atoms with E-state index in [2.05, 4.69) is 39.0 Å². The van der Waals surface area contributed by atoms with E-state index < -0.39 is 12.2 Å². The van der Waals surface area contributed by atoms with E-state index in [1.54, 1.807) is 0 Å². The zero-order valence-electron chi connectivity index (χ0n) is 28.7. The third-order valence-corrected chi connectivity index (χ3v) is 8.03. The van der Waals surface area contributed by atoms with Crippen LogP contribution >= 0.6 is 0 Å². The van der Waals surface area contributed by atoms with Crippen LogP contribution in [0.1, 0.15) is 162 Å². The number of hydrogen-bond acceptors (Lipinski definition) is 6. The standard InChI is InChI=1S/C38H68O6/c1-4-6-7-8-13-18-23-28-35(39)29-24-19-16-21-26-31-38(42)44-33-36(40)32-43-37(41)30-25-20-15-12-10-9-11-14-17-22-27-34(3)5-2/h6-7,13,18,23,28,34-36,39-40H,4-5,8-12,14-17,19-22,24-27,29-33H2,1-3H3/b7-6+,18-13+,28-23+/t34?,35?,36-/m1/s1. The fraction of sp³-hybridized carbons (Fsp3) is 0.789. The van der Waals surface area contributed by atoms with Gasteiger partial charge >= 0.3 is 11.9 Å². The summed E-state index contributed by atoms with van der Waals surface area (Å²) in [6.07, 6.45) is 33.5. The summed E-state index contributed by atoms with van der Waals surface area (Å²) in [5.41, 5.74) is 0. The quantitative estimate of drug-likeness (QED) is 0.0347. The minimum absolute atomic E-state index is 0.142. The van der Waals surface area contributed by atoms with Gasteiger partial charge in [0, 0.05) is 12.8 Å². The van der Waals surface area contributed by atoms with Crippen molar-refractivity contribution in [3.8, 4) is 0 Å². The lowest BCUT2D eigenvalue weighted by Gasteiger charge is -2.12. The lowest BCUT2D eigenvalue weighted by Crippen LogP contribution is -2.25. The maximum atomic E-state index is 11.9. The van der Waals surface area contributed by atoms with E-state index in [0.29, 0.717) is 12.8 Å². The molecule has 0 aromatic carbocycles. The molecule has 0 heterocycles. The molecule has 0 fully saturated rings. The molecule has 0 aromatic heterocycles. The second-order valence-corrected chi connectivity index (χ2v) is 12.4. The molecule has 0 aliphatic heterocycles. The van der Waals surface area contributed by atoms with E-state index >= 15 is 0 Å². The van der Waals surface area contributed by atoms with Gasteiger partial charge in [0.1, 0.15) is 19.3 Å². The van der Waals surface area contributed by atoms with Crippen molar-refractivity contribution >= 4 is 11.9 Å². The summed E-state index contributed by atoms with van der Waals surface area (Å²) in [6, 6.07) is 0. The van der Waals surface area contributed by atoms with E-state index in [9.17, 15) is 19.8 Å². The van der Waals surface area contributed by atoms with Crippen LogP contribution in [0, 0.1) is 5.92 Å². The van der Waals surface area contributed by atoms with Gasteiger partial charge in [0.2, 0.25) is 0 Å². The van der Waals surface area contributed by atoms with Gasteiger partial charge in [-0.25, -0.2) is 0 Å². The van der Waals surface area contributed by atoms with Crippen LogP contribution < -0.4 is 0 Å². The molecule has 0 saturated carbocycles. The van der Waals surface area contributed by atoms with Crippen LogP contribution in [0.3, 0.4) is 0 Å². The Labute approximate surface area is 270 Å². The summed E-state index contributed by atoms with van der Waals surface area (Å²) < 4.78 is 10.3. The number of aliphatic hydroxyl groups is 2. The lowest BCUT2D eigenvalue weighted by molar-refractivity contribution is -0.152. The van der Waals surface area contributed by atoms with Crippen molar-refractivity contribution in [3.63, 3.8) is 0 Å². The molecule has 2 N–H and O–H groups in total. The first-order chi connectivity index (χ1) is 21.4. The number of rotatable bonds is 31. The van der Waals surface area contributed by atoms with Crippen LogP contribution in [0.2, 0.25) is 0 Å². The number of carbonyl (C=O) groups is 2. The van der Waals surface area contributed by atoms with Crippen molar-refractivity contribution < 1.29 is 29.3 Å².